The van der Waals surface area contributed by atoms with Crippen LogP contribution in [0.3, 0.4) is 0 Å². The third-order valence-corrected chi connectivity index (χ3v) is 6.89. The highest BCUT2D eigenvalue weighted by Gasteiger charge is 2.33. The van der Waals surface area contributed by atoms with Gasteiger partial charge < -0.3 is 15.4 Å². The van der Waals surface area contributed by atoms with E-state index in [-0.39, 0.29) is 5.92 Å². The molecule has 0 radical (unpaired) electrons. The molecular weight excluding hydrogens is 402 g/mol. The highest BCUT2D eigenvalue weighted by Crippen LogP contribution is 2.39. The number of aromatic nitrogens is 3. The summed E-state index contributed by atoms with van der Waals surface area (Å²) < 4.78 is 7.61. The van der Waals surface area contributed by atoms with Gasteiger partial charge in [-0.25, -0.2) is 9.97 Å². The molecule has 172 valence electrons. The monoisotopic (exact) mass is 437 g/mol. The van der Waals surface area contributed by atoms with E-state index in [4.69, 9.17) is 15.5 Å². The molecule has 32 heavy (non-hydrogen) atoms. The minimum atomic E-state index is -0.397. The lowest BCUT2D eigenvalue weighted by Crippen LogP contribution is -2.42. The molecule has 7 heteroatoms. The zero-order valence-electron chi connectivity index (χ0n) is 18.9. The number of likely N-dealkylation sites (tertiary alicyclic amines) is 1. The van der Waals surface area contributed by atoms with Crippen LogP contribution < -0.4 is 5.73 Å². The van der Waals surface area contributed by atoms with E-state index in [2.05, 4.69) is 16.5 Å². The molecule has 0 aromatic carbocycles. The zero-order valence-corrected chi connectivity index (χ0v) is 18.9. The van der Waals surface area contributed by atoms with Gasteiger partial charge in [0.15, 0.2) is 0 Å². The molecule has 1 aliphatic heterocycles. The maximum absolute atomic E-state index is 12.3. The Morgan fingerprint density at radius 1 is 1.25 bits per heavy atom. The Morgan fingerprint density at radius 3 is 2.91 bits per heavy atom. The van der Waals surface area contributed by atoms with Crippen molar-refractivity contribution in [1.29, 1.82) is 0 Å². The van der Waals surface area contributed by atoms with Crippen LogP contribution in [0.15, 0.2) is 43.5 Å². The van der Waals surface area contributed by atoms with E-state index in [1.807, 2.05) is 29.0 Å². The second-order valence-electron chi connectivity index (χ2n) is 9.18. The molecule has 1 saturated heterocycles. The third-order valence-electron chi connectivity index (χ3n) is 6.89. The summed E-state index contributed by atoms with van der Waals surface area (Å²) in [6, 6.07) is 3.68. The maximum Gasteiger partial charge on any atom is 0.250 e. The van der Waals surface area contributed by atoms with Crippen LogP contribution in [-0.4, -0.2) is 58.2 Å². The average Bonchev–Trinajstić information content (AvgIpc) is 3.35. The molecule has 3 heterocycles. The van der Waals surface area contributed by atoms with Crippen molar-refractivity contribution < 1.29 is 9.53 Å². The van der Waals surface area contributed by atoms with Crippen molar-refractivity contribution in [2.75, 3.05) is 32.8 Å². The predicted octanol–water partition coefficient (Wildman–Crippen LogP) is 3.55. The quantitative estimate of drug-likeness (QED) is 0.479. The Balaban J connectivity index is 1.52. The standard InChI is InChI=1S/C25H35N5O2/c1-2-14-32-17-19-6-5-12-29(15-19)16-20-7-3-4-8-21(20)24-22(25(26)31)9-10-23(28-24)30-13-11-27-18-30/h2,9-11,13,18-21H,1,3-8,12,14-17H2,(H2,26,31)/t19-,20+,21-/m1/s1. The third kappa shape index (κ3) is 5.45. The molecule has 2 aromatic heterocycles. The first-order valence-corrected chi connectivity index (χ1v) is 11.9. The second-order valence-corrected chi connectivity index (χ2v) is 9.18. The predicted molar refractivity (Wildman–Crippen MR) is 125 cm³/mol. The fourth-order valence-corrected chi connectivity index (χ4v) is 5.38. The Morgan fingerprint density at radius 2 is 2.12 bits per heavy atom. The minimum absolute atomic E-state index is 0.243. The van der Waals surface area contributed by atoms with Crippen LogP contribution in [0.5, 0.6) is 0 Å². The van der Waals surface area contributed by atoms with Gasteiger partial charge in [-0.05, 0) is 56.2 Å². The Labute approximate surface area is 190 Å². The number of amides is 1. The van der Waals surface area contributed by atoms with Gasteiger partial charge in [0.2, 0.25) is 0 Å². The van der Waals surface area contributed by atoms with E-state index in [0.717, 1.165) is 57.0 Å². The normalized spacial score (nSPS) is 24.3. The molecule has 2 aliphatic rings. The van der Waals surface area contributed by atoms with Gasteiger partial charge in [-0.3, -0.25) is 9.36 Å². The summed E-state index contributed by atoms with van der Waals surface area (Å²) in [4.78, 5) is 23.9. The molecule has 2 aromatic rings. The van der Waals surface area contributed by atoms with E-state index in [0.29, 0.717) is 24.0 Å². The van der Waals surface area contributed by atoms with Gasteiger partial charge in [0.25, 0.3) is 5.91 Å². The lowest BCUT2D eigenvalue weighted by molar-refractivity contribution is 0.0627. The molecule has 3 atom stereocenters. The number of ether oxygens (including phenoxy) is 1. The molecular formula is C25H35N5O2. The number of pyridine rings is 1. The van der Waals surface area contributed by atoms with Crippen LogP contribution in [0.1, 0.15) is 60.5 Å². The van der Waals surface area contributed by atoms with Gasteiger partial charge in [0, 0.05) is 31.4 Å². The van der Waals surface area contributed by atoms with Crippen molar-refractivity contribution >= 4 is 5.91 Å². The summed E-state index contributed by atoms with van der Waals surface area (Å²) in [7, 11) is 0. The first kappa shape index (κ1) is 22.7. The molecule has 0 unspecified atom stereocenters. The van der Waals surface area contributed by atoms with Gasteiger partial charge in [0.05, 0.1) is 24.5 Å². The highest BCUT2D eigenvalue weighted by atomic mass is 16.5. The van der Waals surface area contributed by atoms with Crippen molar-refractivity contribution in [3.8, 4) is 5.82 Å². The number of primary amides is 1. The zero-order chi connectivity index (χ0) is 22.3. The van der Waals surface area contributed by atoms with E-state index in [9.17, 15) is 4.79 Å². The van der Waals surface area contributed by atoms with Crippen molar-refractivity contribution in [3.05, 3.63) is 54.8 Å². The second kappa shape index (κ2) is 10.9. The lowest BCUT2D eigenvalue weighted by Gasteiger charge is -2.39. The number of carbonyl (C=O) groups is 1. The van der Waals surface area contributed by atoms with Gasteiger partial charge in [-0.1, -0.05) is 18.9 Å². The fourth-order valence-electron chi connectivity index (χ4n) is 5.38. The van der Waals surface area contributed by atoms with Gasteiger partial charge >= 0.3 is 0 Å². The van der Waals surface area contributed by atoms with Crippen molar-refractivity contribution in [1.82, 2.24) is 19.4 Å². The highest BCUT2D eigenvalue weighted by molar-refractivity contribution is 5.94. The molecule has 2 N–H and O–H groups in total. The van der Waals surface area contributed by atoms with Crippen LogP contribution in [0, 0.1) is 11.8 Å². The topological polar surface area (TPSA) is 86.3 Å². The summed E-state index contributed by atoms with van der Waals surface area (Å²) in [5, 5.41) is 0. The lowest BCUT2D eigenvalue weighted by atomic mass is 9.75. The first-order chi connectivity index (χ1) is 15.7. The molecule has 1 aliphatic carbocycles. The van der Waals surface area contributed by atoms with Crippen LogP contribution in [0.2, 0.25) is 0 Å². The molecule has 0 bridgehead atoms. The largest absolute Gasteiger partial charge is 0.377 e. The SMILES string of the molecule is C=CCOC[C@@H]1CCCN(C[C@@H]2CCCC[C@H]2c2nc(-n3ccnc3)ccc2C(N)=O)C1. The smallest absolute Gasteiger partial charge is 0.250 e. The fraction of sp³-hybridized carbons (Fsp3) is 0.560. The number of hydrogen-bond donors (Lipinski definition) is 1. The maximum atomic E-state index is 12.3. The summed E-state index contributed by atoms with van der Waals surface area (Å²) >= 11 is 0. The van der Waals surface area contributed by atoms with Crippen LogP contribution >= 0.6 is 0 Å². The molecule has 0 spiro atoms. The van der Waals surface area contributed by atoms with Gasteiger partial charge in [-0.2, -0.15) is 0 Å². The summed E-state index contributed by atoms with van der Waals surface area (Å²) in [5.74, 6) is 1.68. The molecule has 7 nitrogen and oxygen atoms in total. The van der Waals surface area contributed by atoms with Gasteiger partial charge in [-0.15, -0.1) is 6.58 Å². The number of imidazole rings is 1. The number of hydrogen-bond acceptors (Lipinski definition) is 5. The van der Waals surface area contributed by atoms with E-state index < -0.39 is 5.91 Å². The Hall–Kier alpha value is -2.51. The Bertz CT molecular complexity index is 898. The molecule has 1 amide bonds. The minimum Gasteiger partial charge on any atom is -0.377 e. The number of rotatable bonds is 9. The number of nitrogens with two attached hydrogens (primary N) is 1. The number of piperidine rings is 1. The summed E-state index contributed by atoms with van der Waals surface area (Å²) in [5.41, 5.74) is 7.18. The van der Waals surface area contributed by atoms with E-state index in [1.54, 1.807) is 12.5 Å². The molecule has 4 rings (SSSR count). The summed E-state index contributed by atoms with van der Waals surface area (Å²) in [6.07, 6.45) is 14.2. The van der Waals surface area contributed by atoms with Crippen LogP contribution in [0.25, 0.3) is 5.82 Å². The van der Waals surface area contributed by atoms with E-state index >= 15 is 0 Å². The molecule has 2 fully saturated rings. The average molecular weight is 438 g/mol. The van der Waals surface area contributed by atoms with Crippen molar-refractivity contribution in [2.45, 2.75) is 44.4 Å². The number of carbonyl (C=O) groups excluding carboxylic acids is 1. The molecule has 1 saturated carbocycles. The first-order valence-electron chi connectivity index (χ1n) is 11.9. The number of nitrogens with zero attached hydrogens (tertiary/aromatic N) is 4. The van der Waals surface area contributed by atoms with Crippen LogP contribution in [0.4, 0.5) is 0 Å². The van der Waals surface area contributed by atoms with Gasteiger partial charge in [0.1, 0.15) is 12.1 Å². The Kier molecular flexibility index (Phi) is 7.71. The van der Waals surface area contributed by atoms with E-state index in [1.165, 1.54) is 19.3 Å². The van der Waals surface area contributed by atoms with Crippen LogP contribution in [-0.2, 0) is 4.74 Å². The van der Waals surface area contributed by atoms with Crippen molar-refractivity contribution in [3.63, 3.8) is 0 Å². The summed E-state index contributed by atoms with van der Waals surface area (Å²) in [6.45, 7) is 8.40. The van der Waals surface area contributed by atoms with Crippen molar-refractivity contribution in [2.24, 2.45) is 17.6 Å².